The van der Waals surface area contributed by atoms with E-state index < -0.39 is 0 Å². The molecule has 1 atom stereocenters. The Morgan fingerprint density at radius 2 is 1.78 bits per heavy atom. The zero-order valence-electron chi connectivity index (χ0n) is 12.3. The van der Waals surface area contributed by atoms with Crippen LogP contribution in [0.1, 0.15) is 64.7 Å². The molecule has 2 nitrogen and oxygen atoms in total. The molecule has 0 spiro atoms. The van der Waals surface area contributed by atoms with E-state index in [0.717, 1.165) is 12.0 Å². The third-order valence-electron chi connectivity index (χ3n) is 4.98. The molecular weight excluding hydrogens is 220 g/mol. The van der Waals surface area contributed by atoms with Gasteiger partial charge < -0.3 is 10.2 Å². The van der Waals surface area contributed by atoms with Gasteiger partial charge in [-0.3, -0.25) is 0 Å². The van der Waals surface area contributed by atoms with E-state index in [0.29, 0.717) is 0 Å². The molecule has 0 aromatic carbocycles. The van der Waals surface area contributed by atoms with Crippen LogP contribution in [0.5, 0.6) is 0 Å². The van der Waals surface area contributed by atoms with Gasteiger partial charge in [-0.2, -0.15) is 0 Å². The lowest BCUT2D eigenvalue weighted by Crippen LogP contribution is -2.38. The second-order valence-corrected chi connectivity index (χ2v) is 6.34. The van der Waals surface area contributed by atoms with Crippen molar-refractivity contribution in [3.05, 3.63) is 0 Å². The summed E-state index contributed by atoms with van der Waals surface area (Å²) < 4.78 is 0. The highest BCUT2D eigenvalue weighted by Gasteiger charge is 2.16. The Kier molecular flexibility index (Phi) is 6.50. The van der Waals surface area contributed by atoms with Crippen molar-refractivity contribution in [2.45, 2.75) is 70.8 Å². The van der Waals surface area contributed by atoms with Crippen LogP contribution in [0.25, 0.3) is 0 Å². The van der Waals surface area contributed by atoms with Crippen molar-refractivity contribution in [1.29, 1.82) is 0 Å². The predicted octanol–water partition coefficient (Wildman–Crippen LogP) is 3.42. The molecule has 0 bridgehead atoms. The molecule has 106 valence electrons. The summed E-state index contributed by atoms with van der Waals surface area (Å²) in [6, 6.07) is 0.828. The molecule has 0 radical (unpaired) electrons. The molecule has 1 unspecified atom stereocenters. The van der Waals surface area contributed by atoms with Gasteiger partial charge in [0.1, 0.15) is 0 Å². The van der Waals surface area contributed by atoms with Gasteiger partial charge in [-0.25, -0.2) is 0 Å². The van der Waals surface area contributed by atoms with E-state index >= 15 is 0 Å². The third kappa shape index (κ3) is 4.89. The first-order valence-electron chi connectivity index (χ1n) is 8.34. The fourth-order valence-electron chi connectivity index (χ4n) is 3.59. The van der Waals surface area contributed by atoms with Crippen molar-refractivity contribution in [2.24, 2.45) is 5.92 Å². The average Bonchev–Trinajstić information content (AvgIpc) is 2.65. The molecule has 2 rings (SSSR count). The lowest BCUT2D eigenvalue weighted by Gasteiger charge is -2.25. The van der Waals surface area contributed by atoms with Crippen molar-refractivity contribution in [2.75, 3.05) is 26.2 Å². The van der Waals surface area contributed by atoms with Gasteiger partial charge in [0.05, 0.1) is 0 Å². The number of nitrogens with zero attached hydrogens (tertiary/aromatic N) is 1. The molecule has 1 saturated carbocycles. The van der Waals surface area contributed by atoms with Crippen LogP contribution in [-0.2, 0) is 0 Å². The van der Waals surface area contributed by atoms with Crippen molar-refractivity contribution < 1.29 is 0 Å². The van der Waals surface area contributed by atoms with Crippen molar-refractivity contribution in [3.63, 3.8) is 0 Å². The number of rotatable bonds is 5. The average molecular weight is 252 g/mol. The van der Waals surface area contributed by atoms with Crippen LogP contribution in [0.3, 0.4) is 0 Å². The van der Waals surface area contributed by atoms with Gasteiger partial charge in [0.2, 0.25) is 0 Å². The Balaban J connectivity index is 1.58. The molecule has 2 aliphatic rings. The van der Waals surface area contributed by atoms with Crippen LogP contribution in [0, 0.1) is 5.92 Å². The van der Waals surface area contributed by atoms with Crippen molar-refractivity contribution >= 4 is 0 Å². The molecular formula is C16H32N2. The van der Waals surface area contributed by atoms with Crippen LogP contribution < -0.4 is 5.32 Å². The summed E-state index contributed by atoms with van der Waals surface area (Å²) in [5.74, 6) is 1.00. The summed E-state index contributed by atoms with van der Waals surface area (Å²) in [5.41, 5.74) is 0. The minimum absolute atomic E-state index is 0.828. The fourth-order valence-corrected chi connectivity index (χ4v) is 3.59. The quantitative estimate of drug-likeness (QED) is 0.806. The summed E-state index contributed by atoms with van der Waals surface area (Å²) in [6.07, 6.45) is 12.9. The zero-order valence-corrected chi connectivity index (χ0v) is 12.3. The first-order chi connectivity index (χ1) is 8.88. The molecule has 0 amide bonds. The maximum atomic E-state index is 3.77. The third-order valence-corrected chi connectivity index (χ3v) is 4.98. The minimum atomic E-state index is 0.828. The summed E-state index contributed by atoms with van der Waals surface area (Å²) in [6.45, 7) is 7.51. The van der Waals surface area contributed by atoms with E-state index in [4.69, 9.17) is 0 Å². The minimum Gasteiger partial charge on any atom is -0.313 e. The molecule has 18 heavy (non-hydrogen) atoms. The van der Waals surface area contributed by atoms with Gasteiger partial charge in [0.15, 0.2) is 0 Å². The SMILES string of the molecule is CCC1CCCN(CCNC2CCCCC2)CC1. The van der Waals surface area contributed by atoms with E-state index in [1.807, 2.05) is 0 Å². The molecule has 0 aromatic heterocycles. The van der Waals surface area contributed by atoms with Crippen molar-refractivity contribution in [3.8, 4) is 0 Å². The zero-order chi connectivity index (χ0) is 12.6. The maximum absolute atomic E-state index is 3.77. The summed E-state index contributed by atoms with van der Waals surface area (Å²) >= 11 is 0. The largest absolute Gasteiger partial charge is 0.313 e. The highest BCUT2D eigenvalue weighted by molar-refractivity contribution is 4.74. The highest BCUT2D eigenvalue weighted by atomic mass is 15.1. The number of likely N-dealkylation sites (tertiary alicyclic amines) is 1. The second kappa shape index (κ2) is 8.16. The van der Waals surface area contributed by atoms with Gasteiger partial charge in [-0.15, -0.1) is 0 Å². The molecule has 0 aromatic rings. The summed E-state index contributed by atoms with van der Waals surface area (Å²) in [5, 5.41) is 3.77. The Hall–Kier alpha value is -0.0800. The Bertz CT molecular complexity index is 211. The lowest BCUT2D eigenvalue weighted by molar-refractivity contribution is 0.266. The molecule has 1 N–H and O–H groups in total. The summed E-state index contributed by atoms with van der Waals surface area (Å²) in [7, 11) is 0. The number of hydrogen-bond donors (Lipinski definition) is 1. The second-order valence-electron chi connectivity index (χ2n) is 6.34. The van der Waals surface area contributed by atoms with Crippen LogP contribution in [0.2, 0.25) is 0 Å². The summed E-state index contributed by atoms with van der Waals surface area (Å²) in [4.78, 5) is 2.69. The van der Waals surface area contributed by atoms with Gasteiger partial charge in [-0.05, 0) is 51.1 Å². The van der Waals surface area contributed by atoms with E-state index in [1.54, 1.807) is 0 Å². The first kappa shape index (κ1) is 14.3. The van der Waals surface area contributed by atoms with Crippen molar-refractivity contribution in [1.82, 2.24) is 10.2 Å². The molecule has 2 heteroatoms. The Labute approximate surface area is 114 Å². The van der Waals surface area contributed by atoms with E-state index in [2.05, 4.69) is 17.1 Å². The van der Waals surface area contributed by atoms with Crippen LogP contribution >= 0.6 is 0 Å². The molecule has 1 saturated heterocycles. The van der Waals surface area contributed by atoms with E-state index in [9.17, 15) is 0 Å². The van der Waals surface area contributed by atoms with E-state index in [1.165, 1.54) is 84.0 Å². The lowest BCUT2D eigenvalue weighted by atomic mass is 9.95. The smallest absolute Gasteiger partial charge is 0.0107 e. The molecule has 1 heterocycles. The fraction of sp³-hybridized carbons (Fsp3) is 1.00. The highest BCUT2D eigenvalue weighted by Crippen LogP contribution is 2.20. The van der Waals surface area contributed by atoms with Crippen LogP contribution in [0.4, 0.5) is 0 Å². The van der Waals surface area contributed by atoms with Gasteiger partial charge in [0.25, 0.3) is 0 Å². The standard InChI is InChI=1S/C16H32N2/c1-2-15-7-6-12-18(13-10-15)14-11-17-16-8-4-3-5-9-16/h15-17H,2-14H2,1H3. The molecule has 1 aliphatic carbocycles. The van der Waals surface area contributed by atoms with Gasteiger partial charge in [-0.1, -0.05) is 32.6 Å². The number of nitrogens with one attached hydrogen (secondary N) is 1. The van der Waals surface area contributed by atoms with Crippen LogP contribution in [-0.4, -0.2) is 37.1 Å². The monoisotopic (exact) mass is 252 g/mol. The Morgan fingerprint density at radius 3 is 2.56 bits per heavy atom. The number of hydrogen-bond acceptors (Lipinski definition) is 2. The normalized spacial score (nSPS) is 28.2. The Morgan fingerprint density at radius 1 is 0.944 bits per heavy atom. The van der Waals surface area contributed by atoms with Gasteiger partial charge in [0, 0.05) is 19.1 Å². The molecule has 1 aliphatic heterocycles. The van der Waals surface area contributed by atoms with Crippen LogP contribution in [0.15, 0.2) is 0 Å². The van der Waals surface area contributed by atoms with E-state index in [-0.39, 0.29) is 0 Å². The predicted molar refractivity (Wildman–Crippen MR) is 78.9 cm³/mol. The first-order valence-corrected chi connectivity index (χ1v) is 8.34. The maximum Gasteiger partial charge on any atom is 0.0107 e. The van der Waals surface area contributed by atoms with Gasteiger partial charge >= 0.3 is 0 Å². The molecule has 2 fully saturated rings. The topological polar surface area (TPSA) is 15.3 Å².